The minimum atomic E-state index is 0.709. The van der Waals surface area contributed by atoms with Crippen LogP contribution in [0.5, 0.6) is 0 Å². The number of nitrogens with zero attached hydrogens (tertiary/aromatic N) is 3. The van der Waals surface area contributed by atoms with Crippen LogP contribution in [0.3, 0.4) is 0 Å². The van der Waals surface area contributed by atoms with Crippen molar-refractivity contribution in [3.05, 3.63) is 48.5 Å². The first-order valence-electron chi connectivity index (χ1n) is 5.38. The summed E-state index contributed by atoms with van der Waals surface area (Å²) in [6.07, 6.45) is 4.02. The summed E-state index contributed by atoms with van der Waals surface area (Å²) in [5.74, 6) is 5.73. The van der Waals surface area contributed by atoms with Gasteiger partial charge in [-0.05, 0) is 17.9 Å². The summed E-state index contributed by atoms with van der Waals surface area (Å²) in [5.41, 5.74) is 1.45. The molecule has 4 nitrogen and oxygen atoms in total. The van der Waals surface area contributed by atoms with Crippen LogP contribution in [0.1, 0.15) is 31.7 Å². The van der Waals surface area contributed by atoms with Gasteiger partial charge < -0.3 is 5.84 Å². The fourth-order valence-corrected chi connectivity index (χ4v) is 1.23. The molecule has 0 aliphatic rings. The fourth-order valence-electron chi connectivity index (χ4n) is 1.23. The van der Waals surface area contributed by atoms with Gasteiger partial charge in [0.2, 0.25) is 0 Å². The molecule has 2 aromatic rings. The number of nitrogen functional groups attached to an aromatic ring is 1. The molecular formula is C12H18N4. The van der Waals surface area contributed by atoms with Crippen LogP contribution in [-0.2, 0) is 0 Å². The summed E-state index contributed by atoms with van der Waals surface area (Å²) in [6.45, 7) is 4.48. The predicted molar refractivity (Wildman–Crippen MR) is 65.3 cm³/mol. The maximum absolute atomic E-state index is 5.02. The van der Waals surface area contributed by atoms with Crippen molar-refractivity contribution in [1.82, 2.24) is 14.9 Å². The molecule has 0 spiro atoms. The highest BCUT2D eigenvalue weighted by molar-refractivity contribution is 5.18. The summed E-state index contributed by atoms with van der Waals surface area (Å²) >= 11 is 0. The summed E-state index contributed by atoms with van der Waals surface area (Å²) in [7, 11) is 0. The van der Waals surface area contributed by atoms with Crippen LogP contribution in [-0.4, -0.2) is 14.9 Å². The summed E-state index contributed by atoms with van der Waals surface area (Å²) in [4.78, 5) is 4.69. The zero-order valence-electron chi connectivity index (χ0n) is 9.74. The van der Waals surface area contributed by atoms with Gasteiger partial charge in [0.15, 0.2) is 0 Å². The predicted octanol–water partition coefficient (Wildman–Crippen LogP) is 2.19. The number of nitrogens with two attached hydrogens (primary N) is 1. The number of aromatic nitrogens is 3. The second kappa shape index (κ2) is 6.61. The lowest BCUT2D eigenvalue weighted by atomic mass is 9.99. The molecular weight excluding hydrogens is 200 g/mol. The van der Waals surface area contributed by atoms with Gasteiger partial charge in [-0.1, -0.05) is 44.2 Å². The molecule has 0 bridgehead atoms. The number of hydrogen-bond acceptors (Lipinski definition) is 3. The topological polar surface area (TPSA) is 56.7 Å². The van der Waals surface area contributed by atoms with Crippen molar-refractivity contribution in [1.29, 1.82) is 0 Å². The van der Waals surface area contributed by atoms with E-state index in [0.29, 0.717) is 5.92 Å². The van der Waals surface area contributed by atoms with Gasteiger partial charge in [-0.3, -0.25) is 0 Å². The van der Waals surface area contributed by atoms with Gasteiger partial charge >= 0.3 is 0 Å². The zero-order chi connectivity index (χ0) is 11.8. The molecule has 2 rings (SSSR count). The smallest absolute Gasteiger partial charge is 0.139 e. The Bertz CT molecular complexity index is 369. The minimum absolute atomic E-state index is 0.709. The molecule has 4 heteroatoms. The molecule has 1 heterocycles. The van der Waals surface area contributed by atoms with E-state index in [9.17, 15) is 0 Å². The molecule has 0 amide bonds. The highest BCUT2D eigenvalue weighted by Crippen LogP contribution is 2.16. The van der Waals surface area contributed by atoms with Crippen LogP contribution in [0.2, 0.25) is 0 Å². The Balaban J connectivity index is 0.000000181. The first kappa shape index (κ1) is 12.2. The van der Waals surface area contributed by atoms with E-state index in [1.54, 1.807) is 0 Å². The van der Waals surface area contributed by atoms with Crippen molar-refractivity contribution in [2.45, 2.75) is 26.2 Å². The molecule has 1 aromatic carbocycles. The fraction of sp³-hybridized carbons (Fsp3) is 0.333. The highest BCUT2D eigenvalue weighted by atomic mass is 15.5. The van der Waals surface area contributed by atoms with E-state index in [2.05, 4.69) is 54.3 Å². The van der Waals surface area contributed by atoms with E-state index in [0.717, 1.165) is 4.79 Å². The monoisotopic (exact) mass is 218 g/mol. The van der Waals surface area contributed by atoms with Gasteiger partial charge in [-0.25, -0.2) is 4.98 Å². The molecule has 2 N–H and O–H groups in total. The van der Waals surface area contributed by atoms with E-state index >= 15 is 0 Å². The van der Waals surface area contributed by atoms with Gasteiger partial charge in [0.05, 0.1) is 0 Å². The van der Waals surface area contributed by atoms with Gasteiger partial charge in [-0.2, -0.15) is 4.79 Å². The molecule has 0 fully saturated rings. The van der Waals surface area contributed by atoms with Gasteiger partial charge in [0.1, 0.15) is 12.7 Å². The van der Waals surface area contributed by atoms with E-state index < -0.39 is 0 Å². The second-order valence-electron chi connectivity index (χ2n) is 3.60. The normalized spacial score (nSPS) is 11.4. The zero-order valence-corrected chi connectivity index (χ0v) is 9.74. The molecule has 0 saturated heterocycles. The van der Waals surface area contributed by atoms with E-state index in [1.165, 1.54) is 24.6 Å². The summed E-state index contributed by atoms with van der Waals surface area (Å²) in [6, 6.07) is 10.6. The van der Waals surface area contributed by atoms with Crippen molar-refractivity contribution in [3.8, 4) is 0 Å². The average molecular weight is 218 g/mol. The van der Waals surface area contributed by atoms with Crippen molar-refractivity contribution < 1.29 is 0 Å². The second-order valence-corrected chi connectivity index (χ2v) is 3.60. The highest BCUT2D eigenvalue weighted by Gasteiger charge is 1.98. The van der Waals surface area contributed by atoms with E-state index in [1.807, 2.05) is 0 Å². The lowest BCUT2D eigenvalue weighted by Gasteiger charge is -2.06. The number of hydrogen-bond donors (Lipinski definition) is 1. The summed E-state index contributed by atoms with van der Waals surface area (Å²) < 4.78 is 0. The van der Waals surface area contributed by atoms with Crippen molar-refractivity contribution >= 4 is 0 Å². The Labute approximate surface area is 96.1 Å². The third kappa shape index (κ3) is 4.13. The van der Waals surface area contributed by atoms with Crippen LogP contribution in [0.25, 0.3) is 0 Å². The maximum Gasteiger partial charge on any atom is 0.139 e. The van der Waals surface area contributed by atoms with Gasteiger partial charge in [0, 0.05) is 0 Å². The minimum Gasteiger partial charge on any atom is -0.322 e. The van der Waals surface area contributed by atoms with Crippen LogP contribution in [0.4, 0.5) is 0 Å². The largest absolute Gasteiger partial charge is 0.322 e. The molecule has 1 aromatic heterocycles. The maximum atomic E-state index is 5.02. The van der Waals surface area contributed by atoms with Crippen LogP contribution in [0, 0.1) is 0 Å². The Hall–Kier alpha value is -1.84. The Morgan fingerprint density at radius 3 is 2.38 bits per heavy atom. The third-order valence-corrected chi connectivity index (χ3v) is 2.42. The standard InChI is InChI=1S/C10H14.C2H4N4/c1-3-9(2)10-7-5-4-6-8-10;3-6-2-4-1-5-6/h4-9H,3H2,1-2H3;1-2H,3H2. The first-order chi connectivity index (χ1) is 7.74. The Morgan fingerprint density at radius 2 is 2.00 bits per heavy atom. The van der Waals surface area contributed by atoms with E-state index in [-0.39, 0.29) is 0 Å². The molecule has 1 atom stereocenters. The van der Waals surface area contributed by atoms with Crippen LogP contribution < -0.4 is 5.84 Å². The lowest BCUT2D eigenvalue weighted by Crippen LogP contribution is -2.06. The van der Waals surface area contributed by atoms with E-state index in [4.69, 9.17) is 5.84 Å². The third-order valence-electron chi connectivity index (χ3n) is 2.42. The molecule has 0 aliphatic heterocycles. The number of rotatable bonds is 2. The van der Waals surface area contributed by atoms with Crippen molar-refractivity contribution in [2.75, 3.05) is 5.84 Å². The molecule has 1 unspecified atom stereocenters. The average Bonchev–Trinajstić information content (AvgIpc) is 2.81. The SMILES string of the molecule is CCC(C)c1ccccc1.Nn1cncn1. The summed E-state index contributed by atoms with van der Waals surface area (Å²) in [5, 5.41) is 3.50. The van der Waals surface area contributed by atoms with Crippen LogP contribution in [0.15, 0.2) is 43.0 Å². The molecule has 86 valence electrons. The van der Waals surface area contributed by atoms with Gasteiger partial charge in [-0.15, -0.1) is 5.10 Å². The number of benzene rings is 1. The van der Waals surface area contributed by atoms with Crippen molar-refractivity contribution in [2.24, 2.45) is 0 Å². The molecule has 0 radical (unpaired) electrons. The first-order valence-corrected chi connectivity index (χ1v) is 5.38. The Morgan fingerprint density at radius 1 is 1.31 bits per heavy atom. The van der Waals surface area contributed by atoms with Crippen molar-refractivity contribution in [3.63, 3.8) is 0 Å². The quantitative estimate of drug-likeness (QED) is 0.786. The van der Waals surface area contributed by atoms with Crippen LogP contribution >= 0.6 is 0 Å². The molecule has 16 heavy (non-hydrogen) atoms. The Kier molecular flexibility index (Phi) is 5.05. The van der Waals surface area contributed by atoms with Gasteiger partial charge in [0.25, 0.3) is 0 Å². The molecule has 0 aliphatic carbocycles. The molecule has 0 saturated carbocycles. The lowest BCUT2D eigenvalue weighted by molar-refractivity contribution is 0.733.